The summed E-state index contributed by atoms with van der Waals surface area (Å²) in [7, 11) is 3.04. The Balaban J connectivity index is 2.96. The second-order valence-electron chi connectivity index (χ2n) is 3.59. The van der Waals surface area contributed by atoms with Crippen LogP contribution >= 0.6 is 0 Å². The van der Waals surface area contributed by atoms with Crippen molar-refractivity contribution in [1.29, 1.82) is 0 Å². The molecule has 8 nitrogen and oxygen atoms in total. The Bertz CT molecular complexity index is 515. The molecule has 0 unspecified atom stereocenters. The number of anilines is 1. The van der Waals surface area contributed by atoms with E-state index in [1.807, 2.05) is 0 Å². The molecule has 0 radical (unpaired) electrons. The molecule has 1 aromatic rings. The molecule has 102 valence electrons. The highest BCUT2D eigenvalue weighted by Gasteiger charge is 2.16. The number of likely N-dealkylation sites (N-methyl/N-ethyl adjacent to an activating group) is 1. The number of amides is 2. The van der Waals surface area contributed by atoms with Crippen molar-refractivity contribution in [1.82, 2.24) is 10.6 Å². The van der Waals surface area contributed by atoms with E-state index in [0.29, 0.717) is 5.69 Å². The summed E-state index contributed by atoms with van der Waals surface area (Å²) in [6, 6.07) is 3.89. The minimum Gasteiger partial charge on any atom is -0.387 e. The van der Waals surface area contributed by atoms with Crippen molar-refractivity contribution >= 4 is 23.2 Å². The van der Waals surface area contributed by atoms with Crippen LogP contribution in [0.4, 0.5) is 11.4 Å². The second-order valence-corrected chi connectivity index (χ2v) is 3.59. The van der Waals surface area contributed by atoms with Crippen LogP contribution in [0.1, 0.15) is 10.4 Å². The molecule has 0 aliphatic carbocycles. The van der Waals surface area contributed by atoms with Crippen LogP contribution in [-0.2, 0) is 4.79 Å². The Morgan fingerprint density at radius 1 is 1.32 bits per heavy atom. The molecule has 2 amide bonds. The third kappa shape index (κ3) is 3.66. The Labute approximate surface area is 109 Å². The smallest absolute Gasteiger partial charge is 0.270 e. The lowest BCUT2D eigenvalue weighted by atomic mass is 10.1. The Kier molecular flexibility index (Phi) is 4.81. The molecule has 19 heavy (non-hydrogen) atoms. The average molecular weight is 266 g/mol. The van der Waals surface area contributed by atoms with Gasteiger partial charge in [-0.2, -0.15) is 0 Å². The number of nitro groups is 1. The summed E-state index contributed by atoms with van der Waals surface area (Å²) in [4.78, 5) is 33.0. The van der Waals surface area contributed by atoms with Gasteiger partial charge in [0.2, 0.25) is 5.91 Å². The highest BCUT2D eigenvalue weighted by molar-refractivity contribution is 6.01. The van der Waals surface area contributed by atoms with Gasteiger partial charge in [-0.1, -0.05) is 0 Å². The van der Waals surface area contributed by atoms with Crippen molar-refractivity contribution in [3.05, 3.63) is 33.9 Å². The molecular weight excluding hydrogens is 252 g/mol. The van der Waals surface area contributed by atoms with Gasteiger partial charge >= 0.3 is 0 Å². The van der Waals surface area contributed by atoms with E-state index in [1.54, 1.807) is 7.05 Å². The molecule has 0 aliphatic rings. The standard InChI is InChI=1S/C11H14N4O4/c1-12-9-4-3-7(15(18)19)5-8(9)11(17)14-6-10(16)13-2/h3-5,12H,6H2,1-2H3,(H,13,16)(H,14,17). The van der Waals surface area contributed by atoms with Gasteiger partial charge in [-0.15, -0.1) is 0 Å². The number of nitrogens with zero attached hydrogens (tertiary/aromatic N) is 1. The lowest BCUT2D eigenvalue weighted by Crippen LogP contribution is -2.35. The summed E-state index contributed by atoms with van der Waals surface area (Å²) in [5.41, 5.74) is 0.365. The van der Waals surface area contributed by atoms with Crippen molar-refractivity contribution in [3.63, 3.8) is 0 Å². The monoisotopic (exact) mass is 266 g/mol. The fourth-order valence-electron chi connectivity index (χ4n) is 1.40. The molecule has 0 bridgehead atoms. The molecule has 1 rings (SSSR count). The molecule has 0 fully saturated rings. The van der Waals surface area contributed by atoms with Gasteiger partial charge in [-0.3, -0.25) is 19.7 Å². The summed E-state index contributed by atoms with van der Waals surface area (Å²) in [5.74, 6) is -0.915. The average Bonchev–Trinajstić information content (AvgIpc) is 2.43. The third-order valence-corrected chi connectivity index (χ3v) is 2.42. The Hall–Kier alpha value is -2.64. The van der Waals surface area contributed by atoms with E-state index >= 15 is 0 Å². The maximum atomic E-state index is 11.9. The summed E-state index contributed by atoms with van der Waals surface area (Å²) >= 11 is 0. The van der Waals surface area contributed by atoms with Gasteiger partial charge in [0, 0.05) is 31.9 Å². The Morgan fingerprint density at radius 3 is 2.53 bits per heavy atom. The first-order valence-corrected chi connectivity index (χ1v) is 5.44. The molecule has 0 aliphatic heterocycles. The number of rotatable bonds is 5. The largest absolute Gasteiger partial charge is 0.387 e. The zero-order valence-electron chi connectivity index (χ0n) is 10.5. The lowest BCUT2D eigenvalue weighted by molar-refractivity contribution is -0.384. The Morgan fingerprint density at radius 2 is 2.00 bits per heavy atom. The van der Waals surface area contributed by atoms with E-state index in [-0.39, 0.29) is 23.7 Å². The number of nitrogens with one attached hydrogen (secondary N) is 3. The van der Waals surface area contributed by atoms with Crippen molar-refractivity contribution < 1.29 is 14.5 Å². The predicted octanol–water partition coefficient (Wildman–Crippen LogP) is 0.112. The number of nitro benzene ring substituents is 1. The zero-order valence-corrected chi connectivity index (χ0v) is 10.5. The van der Waals surface area contributed by atoms with Gasteiger partial charge in [-0.05, 0) is 6.07 Å². The van der Waals surface area contributed by atoms with Crippen molar-refractivity contribution in [2.75, 3.05) is 26.0 Å². The van der Waals surface area contributed by atoms with Crippen molar-refractivity contribution in [3.8, 4) is 0 Å². The minimum absolute atomic E-state index is 0.112. The maximum Gasteiger partial charge on any atom is 0.270 e. The van der Waals surface area contributed by atoms with Crippen LogP contribution in [0.25, 0.3) is 0 Å². The fourth-order valence-corrected chi connectivity index (χ4v) is 1.40. The van der Waals surface area contributed by atoms with Crippen molar-refractivity contribution in [2.45, 2.75) is 0 Å². The first kappa shape index (κ1) is 14.4. The first-order chi connectivity index (χ1) is 8.99. The SMILES string of the molecule is CNC(=O)CNC(=O)c1cc([N+](=O)[O-])ccc1NC. The molecule has 0 spiro atoms. The van der Waals surface area contributed by atoms with Crippen molar-refractivity contribution in [2.24, 2.45) is 0 Å². The number of benzene rings is 1. The lowest BCUT2D eigenvalue weighted by Gasteiger charge is -2.09. The first-order valence-electron chi connectivity index (χ1n) is 5.44. The maximum absolute atomic E-state index is 11.9. The normalized spacial score (nSPS) is 9.58. The number of hydrogen-bond donors (Lipinski definition) is 3. The number of carbonyl (C=O) groups is 2. The van der Waals surface area contributed by atoms with Gasteiger partial charge in [0.15, 0.2) is 0 Å². The molecule has 3 N–H and O–H groups in total. The van der Waals surface area contributed by atoms with Crippen LogP contribution in [-0.4, -0.2) is 37.4 Å². The molecule has 8 heteroatoms. The topological polar surface area (TPSA) is 113 Å². The van der Waals surface area contributed by atoms with E-state index in [4.69, 9.17) is 0 Å². The van der Waals surface area contributed by atoms with Crippen LogP contribution in [0, 0.1) is 10.1 Å². The highest BCUT2D eigenvalue weighted by atomic mass is 16.6. The van der Waals surface area contributed by atoms with Gasteiger partial charge in [0.1, 0.15) is 0 Å². The molecule has 1 aromatic carbocycles. The van der Waals surface area contributed by atoms with Gasteiger partial charge in [-0.25, -0.2) is 0 Å². The summed E-state index contributed by atoms with van der Waals surface area (Å²) < 4.78 is 0. The van der Waals surface area contributed by atoms with Crippen LogP contribution in [0.15, 0.2) is 18.2 Å². The van der Waals surface area contributed by atoms with E-state index in [1.165, 1.54) is 19.2 Å². The number of carbonyl (C=O) groups excluding carboxylic acids is 2. The zero-order chi connectivity index (χ0) is 14.4. The molecular formula is C11H14N4O4. The minimum atomic E-state index is -0.588. The molecule has 0 aromatic heterocycles. The van der Waals surface area contributed by atoms with Gasteiger partial charge in [0.05, 0.1) is 17.0 Å². The molecule has 0 saturated heterocycles. The van der Waals surface area contributed by atoms with E-state index in [9.17, 15) is 19.7 Å². The van der Waals surface area contributed by atoms with Crippen LogP contribution < -0.4 is 16.0 Å². The summed E-state index contributed by atoms with van der Waals surface area (Å²) in [6.45, 7) is -0.193. The molecule has 0 atom stereocenters. The van der Waals surface area contributed by atoms with E-state index in [0.717, 1.165) is 6.07 Å². The van der Waals surface area contributed by atoms with Gasteiger partial charge in [0.25, 0.3) is 11.6 Å². The van der Waals surface area contributed by atoms with Crippen LogP contribution in [0.5, 0.6) is 0 Å². The molecule has 0 heterocycles. The summed E-state index contributed by atoms with van der Waals surface area (Å²) in [6.07, 6.45) is 0. The highest BCUT2D eigenvalue weighted by Crippen LogP contribution is 2.21. The number of non-ortho nitro benzene ring substituents is 1. The van der Waals surface area contributed by atoms with E-state index in [2.05, 4.69) is 16.0 Å². The quantitative estimate of drug-likeness (QED) is 0.517. The number of hydrogen-bond acceptors (Lipinski definition) is 5. The van der Waals surface area contributed by atoms with Crippen LogP contribution in [0.2, 0.25) is 0 Å². The third-order valence-electron chi connectivity index (χ3n) is 2.42. The predicted molar refractivity (Wildman–Crippen MR) is 69.0 cm³/mol. The van der Waals surface area contributed by atoms with Crippen LogP contribution in [0.3, 0.4) is 0 Å². The molecule has 0 saturated carbocycles. The second kappa shape index (κ2) is 6.34. The summed E-state index contributed by atoms with van der Waals surface area (Å²) in [5, 5.41) is 18.2. The van der Waals surface area contributed by atoms with Gasteiger partial charge < -0.3 is 16.0 Å². The van der Waals surface area contributed by atoms with E-state index < -0.39 is 10.8 Å². The fraction of sp³-hybridized carbons (Fsp3) is 0.273.